The minimum atomic E-state index is -4.92. The van der Waals surface area contributed by atoms with E-state index in [4.69, 9.17) is 11.6 Å². The Bertz CT molecular complexity index is 1080. The van der Waals surface area contributed by atoms with Crippen LogP contribution in [0.25, 0.3) is 16.9 Å². The first-order valence-corrected chi connectivity index (χ1v) is 9.02. The van der Waals surface area contributed by atoms with E-state index in [1.54, 1.807) is 0 Å². The van der Waals surface area contributed by atoms with Crippen LogP contribution in [0.1, 0.15) is 0 Å². The fourth-order valence-corrected chi connectivity index (χ4v) is 2.85. The van der Waals surface area contributed by atoms with Crippen molar-refractivity contribution in [3.8, 4) is 17.3 Å². The highest BCUT2D eigenvalue weighted by Crippen LogP contribution is 2.33. The average molecular weight is 408 g/mol. The molecular formula is C14H9ClF3N3O4S. The topological polar surface area (TPSA) is 83.3 Å². The van der Waals surface area contributed by atoms with Gasteiger partial charge in [0, 0.05) is 6.07 Å². The number of para-hydroxylation sites is 2. The first-order chi connectivity index (χ1) is 12.0. The van der Waals surface area contributed by atoms with Gasteiger partial charge in [0.2, 0.25) is 11.2 Å². The summed E-state index contributed by atoms with van der Waals surface area (Å²) in [6, 6.07) is 7.86. The third kappa shape index (κ3) is 3.99. The Morgan fingerprint density at radius 3 is 2.46 bits per heavy atom. The van der Waals surface area contributed by atoms with E-state index in [-0.39, 0.29) is 28.0 Å². The van der Waals surface area contributed by atoms with Gasteiger partial charge in [-0.25, -0.2) is 4.98 Å². The van der Waals surface area contributed by atoms with Crippen LogP contribution in [0.2, 0.25) is 5.28 Å². The van der Waals surface area contributed by atoms with Crippen LogP contribution in [0, 0.1) is 0 Å². The van der Waals surface area contributed by atoms with Crippen LogP contribution in [0.5, 0.6) is 11.6 Å². The van der Waals surface area contributed by atoms with Crippen molar-refractivity contribution in [1.29, 1.82) is 0 Å². The summed E-state index contributed by atoms with van der Waals surface area (Å²) in [5, 5.41) is -0.192. The fourth-order valence-electron chi connectivity index (χ4n) is 2.18. The first kappa shape index (κ1) is 18.3. The number of ether oxygens (including phenoxy) is 1. The largest absolute Gasteiger partial charge is 0.573 e. The molecule has 1 aromatic carbocycles. The van der Waals surface area contributed by atoms with Crippen LogP contribution in [0.4, 0.5) is 13.2 Å². The van der Waals surface area contributed by atoms with Crippen LogP contribution in [-0.4, -0.2) is 35.6 Å². The van der Waals surface area contributed by atoms with E-state index in [1.165, 1.54) is 30.3 Å². The molecular weight excluding hydrogens is 399 g/mol. The van der Waals surface area contributed by atoms with Crippen LogP contribution in [0.3, 0.4) is 0 Å². The molecule has 0 N–H and O–H groups in total. The lowest BCUT2D eigenvalue weighted by atomic mass is 10.3. The minimum Gasteiger partial charge on any atom is -0.404 e. The van der Waals surface area contributed by atoms with Crippen LogP contribution < -0.4 is 8.92 Å². The van der Waals surface area contributed by atoms with Gasteiger partial charge >= 0.3 is 16.5 Å². The molecule has 0 saturated heterocycles. The Hall–Kier alpha value is -2.53. The van der Waals surface area contributed by atoms with Crippen molar-refractivity contribution in [3.05, 3.63) is 41.7 Å². The molecule has 0 aliphatic rings. The van der Waals surface area contributed by atoms with Gasteiger partial charge in [-0.15, -0.1) is 13.2 Å². The highest BCUT2D eigenvalue weighted by atomic mass is 35.5. The number of halogens is 4. The quantitative estimate of drug-likeness (QED) is 0.617. The number of benzene rings is 1. The summed E-state index contributed by atoms with van der Waals surface area (Å²) in [5.41, 5.74) is 0.133. The fraction of sp³-hybridized carbons (Fsp3) is 0.143. The number of pyridine rings is 1. The molecule has 0 atom stereocenters. The zero-order valence-corrected chi connectivity index (χ0v) is 14.4. The molecule has 3 aromatic rings. The van der Waals surface area contributed by atoms with E-state index >= 15 is 0 Å². The van der Waals surface area contributed by atoms with E-state index in [0.717, 1.165) is 16.9 Å². The van der Waals surface area contributed by atoms with Gasteiger partial charge in [0.05, 0.1) is 11.9 Å². The predicted molar refractivity (Wildman–Crippen MR) is 86.0 cm³/mol. The molecule has 26 heavy (non-hydrogen) atoms. The molecule has 0 amide bonds. The van der Waals surface area contributed by atoms with Crippen LogP contribution in [-0.2, 0) is 10.1 Å². The maximum Gasteiger partial charge on any atom is 0.573 e. The second-order valence-corrected chi connectivity index (χ2v) is 6.92. The molecule has 138 valence electrons. The highest BCUT2D eigenvalue weighted by Gasteiger charge is 2.32. The summed E-state index contributed by atoms with van der Waals surface area (Å²) in [5.74, 6) is -0.815. The SMILES string of the molecule is CS(=O)(=O)Oc1ccc2nc(Cl)n(-c3ccccc3OC(F)(F)F)c2n1. The lowest BCUT2D eigenvalue weighted by molar-refractivity contribution is -0.274. The number of alkyl halides is 3. The van der Waals surface area contributed by atoms with Crippen molar-refractivity contribution in [1.82, 2.24) is 14.5 Å². The summed E-state index contributed by atoms with van der Waals surface area (Å²) >= 11 is 6.05. The van der Waals surface area contributed by atoms with Gasteiger partial charge in [0.25, 0.3) is 0 Å². The van der Waals surface area contributed by atoms with E-state index in [0.29, 0.717) is 0 Å². The zero-order chi connectivity index (χ0) is 19.1. The van der Waals surface area contributed by atoms with E-state index in [1.807, 2.05) is 0 Å². The smallest absolute Gasteiger partial charge is 0.404 e. The second-order valence-electron chi connectivity index (χ2n) is 5.01. The number of fused-ring (bicyclic) bond motifs is 1. The van der Waals surface area contributed by atoms with Gasteiger partial charge in [0.15, 0.2) is 11.4 Å². The lowest BCUT2D eigenvalue weighted by Crippen LogP contribution is -2.18. The van der Waals surface area contributed by atoms with Gasteiger partial charge in [-0.3, -0.25) is 4.57 Å². The molecule has 0 aliphatic heterocycles. The van der Waals surface area contributed by atoms with Crippen molar-refractivity contribution < 1.29 is 30.5 Å². The second kappa shape index (κ2) is 6.32. The van der Waals surface area contributed by atoms with E-state index in [2.05, 4.69) is 18.9 Å². The van der Waals surface area contributed by atoms with Gasteiger partial charge in [-0.05, 0) is 29.8 Å². The van der Waals surface area contributed by atoms with Crippen LogP contribution >= 0.6 is 11.6 Å². The molecule has 0 radical (unpaired) electrons. The zero-order valence-electron chi connectivity index (χ0n) is 12.9. The molecule has 0 unspecified atom stereocenters. The Morgan fingerprint density at radius 2 is 1.81 bits per heavy atom. The van der Waals surface area contributed by atoms with Crippen molar-refractivity contribution in [2.75, 3.05) is 6.26 Å². The molecule has 0 bridgehead atoms. The summed E-state index contributed by atoms with van der Waals surface area (Å²) in [4.78, 5) is 7.96. The summed E-state index contributed by atoms with van der Waals surface area (Å²) < 4.78 is 70.2. The third-order valence-electron chi connectivity index (χ3n) is 3.01. The van der Waals surface area contributed by atoms with Crippen LogP contribution in [0.15, 0.2) is 36.4 Å². The normalized spacial score (nSPS) is 12.3. The summed E-state index contributed by atoms with van der Waals surface area (Å²) in [6.07, 6.45) is -4.09. The maximum absolute atomic E-state index is 12.6. The number of hydrogen-bond acceptors (Lipinski definition) is 6. The number of imidazole rings is 1. The van der Waals surface area contributed by atoms with Gasteiger partial charge in [0.1, 0.15) is 5.52 Å². The van der Waals surface area contributed by atoms with Gasteiger partial charge in [-0.1, -0.05) is 12.1 Å². The van der Waals surface area contributed by atoms with Crippen molar-refractivity contribution >= 4 is 32.9 Å². The Kier molecular flexibility index (Phi) is 4.44. The van der Waals surface area contributed by atoms with E-state index in [9.17, 15) is 21.6 Å². The molecule has 0 fully saturated rings. The predicted octanol–water partition coefficient (Wildman–Crippen LogP) is 3.31. The average Bonchev–Trinajstić information content (AvgIpc) is 2.80. The van der Waals surface area contributed by atoms with Gasteiger partial charge < -0.3 is 8.92 Å². The summed E-state index contributed by atoms with van der Waals surface area (Å²) in [7, 11) is -3.85. The Morgan fingerprint density at radius 1 is 1.12 bits per heavy atom. The minimum absolute atomic E-state index is 0.00521. The Labute approximate surface area is 150 Å². The monoisotopic (exact) mass is 407 g/mol. The number of rotatable bonds is 4. The lowest BCUT2D eigenvalue weighted by Gasteiger charge is -2.14. The van der Waals surface area contributed by atoms with Crippen molar-refractivity contribution in [3.63, 3.8) is 0 Å². The molecule has 12 heteroatoms. The first-order valence-electron chi connectivity index (χ1n) is 6.83. The van der Waals surface area contributed by atoms with E-state index < -0.39 is 22.2 Å². The highest BCUT2D eigenvalue weighted by molar-refractivity contribution is 7.86. The van der Waals surface area contributed by atoms with Gasteiger partial charge in [-0.2, -0.15) is 13.4 Å². The molecule has 2 heterocycles. The third-order valence-corrected chi connectivity index (χ3v) is 3.73. The standard InChI is InChI=1S/C14H9ClF3N3O4S/c1-26(22,23)25-11-7-6-8-12(20-11)21(13(15)19-8)9-4-2-3-5-10(9)24-14(16,17)18/h2-7H,1H3. The molecule has 3 rings (SSSR count). The summed E-state index contributed by atoms with van der Waals surface area (Å²) in [6.45, 7) is 0. The number of nitrogens with zero attached hydrogens (tertiary/aromatic N) is 3. The molecule has 0 spiro atoms. The molecule has 7 nitrogen and oxygen atoms in total. The number of aromatic nitrogens is 3. The molecule has 2 aromatic heterocycles. The number of hydrogen-bond donors (Lipinski definition) is 0. The molecule has 0 saturated carbocycles. The van der Waals surface area contributed by atoms with Crippen molar-refractivity contribution in [2.24, 2.45) is 0 Å². The maximum atomic E-state index is 12.6. The van der Waals surface area contributed by atoms with Crippen molar-refractivity contribution in [2.45, 2.75) is 6.36 Å². The molecule has 0 aliphatic carbocycles. The Balaban J connectivity index is 2.19.